The molecule has 0 atom stereocenters. The lowest BCUT2D eigenvalue weighted by atomic mass is 9.97. The van der Waals surface area contributed by atoms with Gasteiger partial charge in [0.05, 0.1) is 21.0 Å². The molecule has 120 valence electrons. The molecule has 0 aliphatic carbocycles. The topological polar surface area (TPSA) is 66.8 Å². The van der Waals surface area contributed by atoms with E-state index in [1.165, 1.54) is 12.1 Å². The highest BCUT2D eigenvalue weighted by Gasteiger charge is 2.27. The van der Waals surface area contributed by atoms with Crippen LogP contribution in [0.3, 0.4) is 0 Å². The number of benzene rings is 1. The lowest BCUT2D eigenvalue weighted by Crippen LogP contribution is -2.42. The molecule has 1 aliphatic rings. The van der Waals surface area contributed by atoms with Crippen LogP contribution in [0.25, 0.3) is 0 Å². The van der Waals surface area contributed by atoms with Crippen LogP contribution in [0.2, 0.25) is 15.1 Å². The fourth-order valence-electron chi connectivity index (χ4n) is 2.22. The molecule has 0 bridgehead atoms. The predicted molar refractivity (Wildman–Crippen MR) is 83.9 cm³/mol. The van der Waals surface area contributed by atoms with Crippen molar-refractivity contribution in [3.8, 4) is 5.75 Å². The van der Waals surface area contributed by atoms with E-state index in [2.05, 4.69) is 0 Å². The van der Waals surface area contributed by atoms with E-state index in [1.54, 1.807) is 4.90 Å². The molecule has 0 saturated carbocycles. The maximum Gasteiger partial charge on any atom is 0.306 e. The Balaban J connectivity index is 1.89. The normalized spacial score (nSPS) is 15.7. The third kappa shape index (κ3) is 4.18. The molecule has 5 nitrogen and oxygen atoms in total. The molecule has 2 rings (SSSR count). The van der Waals surface area contributed by atoms with Gasteiger partial charge in [-0.05, 0) is 18.9 Å². The summed E-state index contributed by atoms with van der Waals surface area (Å²) in [6.45, 7) is 0.637. The van der Waals surface area contributed by atoms with Crippen molar-refractivity contribution in [2.24, 2.45) is 5.92 Å². The average molecular weight is 367 g/mol. The third-order valence-corrected chi connectivity index (χ3v) is 4.54. The van der Waals surface area contributed by atoms with Crippen LogP contribution in [0.1, 0.15) is 12.8 Å². The number of likely N-dealkylation sites (tertiary alicyclic amines) is 1. The predicted octanol–water partition coefficient (Wildman–Crippen LogP) is 3.35. The van der Waals surface area contributed by atoms with Crippen molar-refractivity contribution >= 4 is 46.7 Å². The molecule has 0 radical (unpaired) electrons. The van der Waals surface area contributed by atoms with Crippen molar-refractivity contribution in [2.45, 2.75) is 12.8 Å². The summed E-state index contributed by atoms with van der Waals surface area (Å²) in [5, 5.41) is 9.79. The molecule has 1 heterocycles. The van der Waals surface area contributed by atoms with Gasteiger partial charge in [0.25, 0.3) is 5.91 Å². The number of rotatable bonds is 4. The number of nitrogens with zero attached hydrogens (tertiary/aromatic N) is 1. The molecule has 1 amide bonds. The number of carbonyl (C=O) groups is 2. The molecular weight excluding hydrogens is 353 g/mol. The minimum atomic E-state index is -0.814. The van der Waals surface area contributed by atoms with Crippen molar-refractivity contribution in [1.82, 2.24) is 4.90 Å². The van der Waals surface area contributed by atoms with E-state index in [9.17, 15) is 9.59 Å². The summed E-state index contributed by atoms with van der Waals surface area (Å²) in [5.41, 5.74) is 0. The number of piperidine rings is 1. The van der Waals surface area contributed by atoms with Crippen LogP contribution in [0.5, 0.6) is 5.75 Å². The molecule has 1 fully saturated rings. The van der Waals surface area contributed by atoms with Gasteiger partial charge < -0.3 is 14.7 Å². The van der Waals surface area contributed by atoms with Gasteiger partial charge in [0.1, 0.15) is 5.75 Å². The van der Waals surface area contributed by atoms with Gasteiger partial charge in [-0.3, -0.25) is 9.59 Å². The summed E-state index contributed by atoms with van der Waals surface area (Å²) in [4.78, 5) is 24.5. The lowest BCUT2D eigenvalue weighted by molar-refractivity contribution is -0.146. The Labute approximate surface area is 142 Å². The average Bonchev–Trinajstić information content (AvgIpc) is 2.49. The molecule has 22 heavy (non-hydrogen) atoms. The number of carbonyl (C=O) groups excluding carboxylic acids is 1. The Kier molecular flexibility index (Phi) is 5.78. The Morgan fingerprint density at radius 2 is 1.73 bits per heavy atom. The molecule has 0 unspecified atom stereocenters. The molecule has 8 heteroatoms. The molecule has 1 aromatic carbocycles. The number of carboxylic acid groups (broad SMARTS) is 1. The van der Waals surface area contributed by atoms with E-state index in [1.807, 2.05) is 0 Å². The van der Waals surface area contributed by atoms with E-state index >= 15 is 0 Å². The van der Waals surface area contributed by atoms with Crippen molar-refractivity contribution in [2.75, 3.05) is 19.7 Å². The van der Waals surface area contributed by atoms with Crippen molar-refractivity contribution in [3.63, 3.8) is 0 Å². The Morgan fingerprint density at radius 3 is 2.32 bits per heavy atom. The zero-order chi connectivity index (χ0) is 16.3. The van der Waals surface area contributed by atoms with Crippen LogP contribution >= 0.6 is 34.8 Å². The Hall–Kier alpha value is -1.17. The SMILES string of the molecule is O=C(O)C1CCN(C(=O)COc2cc(Cl)c(Cl)cc2Cl)CC1. The minimum absolute atomic E-state index is 0.185. The fraction of sp³-hybridized carbons (Fsp3) is 0.429. The molecule has 0 aromatic heterocycles. The Bertz CT molecular complexity index is 586. The van der Waals surface area contributed by atoms with Gasteiger partial charge >= 0.3 is 5.97 Å². The quantitative estimate of drug-likeness (QED) is 0.830. The highest BCUT2D eigenvalue weighted by Crippen LogP contribution is 2.33. The largest absolute Gasteiger partial charge is 0.482 e. The summed E-state index contributed by atoms with van der Waals surface area (Å²) >= 11 is 17.7. The molecule has 1 aliphatic heterocycles. The number of hydrogen-bond acceptors (Lipinski definition) is 3. The smallest absolute Gasteiger partial charge is 0.306 e. The summed E-state index contributed by atoms with van der Waals surface area (Å²) in [5.74, 6) is -1.13. The van der Waals surface area contributed by atoms with Crippen LogP contribution in [-0.4, -0.2) is 41.6 Å². The summed E-state index contributed by atoms with van der Waals surface area (Å²) < 4.78 is 5.38. The van der Waals surface area contributed by atoms with E-state index < -0.39 is 5.97 Å². The standard InChI is InChI=1S/C14H14Cl3NO4/c15-9-5-11(17)12(6-10(9)16)22-7-13(19)18-3-1-8(2-4-18)14(20)21/h5-6,8H,1-4,7H2,(H,20,21). The molecule has 1 saturated heterocycles. The first-order valence-corrected chi connectivity index (χ1v) is 7.79. The van der Waals surface area contributed by atoms with Gasteiger partial charge in [0.15, 0.2) is 6.61 Å². The minimum Gasteiger partial charge on any atom is -0.482 e. The number of halogens is 3. The van der Waals surface area contributed by atoms with Gasteiger partial charge in [-0.1, -0.05) is 34.8 Å². The van der Waals surface area contributed by atoms with E-state index in [0.29, 0.717) is 31.0 Å². The van der Waals surface area contributed by atoms with Gasteiger partial charge in [-0.25, -0.2) is 0 Å². The van der Waals surface area contributed by atoms with Crippen LogP contribution in [0.15, 0.2) is 12.1 Å². The van der Waals surface area contributed by atoms with Gasteiger partial charge in [-0.15, -0.1) is 0 Å². The summed E-state index contributed by atoms with van der Waals surface area (Å²) in [6, 6.07) is 2.90. The number of aliphatic carboxylic acids is 1. The maximum absolute atomic E-state index is 12.1. The van der Waals surface area contributed by atoms with Crippen molar-refractivity contribution in [1.29, 1.82) is 0 Å². The molecular formula is C14H14Cl3NO4. The first-order chi connectivity index (χ1) is 10.4. The van der Waals surface area contributed by atoms with Crippen LogP contribution in [0.4, 0.5) is 0 Å². The molecule has 1 N–H and O–H groups in total. The number of ether oxygens (including phenoxy) is 1. The third-order valence-electron chi connectivity index (χ3n) is 3.52. The first-order valence-electron chi connectivity index (χ1n) is 6.66. The van der Waals surface area contributed by atoms with E-state index in [-0.39, 0.29) is 34.2 Å². The highest BCUT2D eigenvalue weighted by molar-refractivity contribution is 6.43. The van der Waals surface area contributed by atoms with Gasteiger partial charge in [-0.2, -0.15) is 0 Å². The second-order valence-electron chi connectivity index (χ2n) is 4.98. The van der Waals surface area contributed by atoms with Crippen LogP contribution in [-0.2, 0) is 9.59 Å². The van der Waals surface area contributed by atoms with Gasteiger partial charge in [0.2, 0.25) is 0 Å². The maximum atomic E-state index is 12.1. The zero-order valence-corrected chi connectivity index (χ0v) is 13.8. The van der Waals surface area contributed by atoms with Crippen LogP contribution < -0.4 is 4.74 Å². The highest BCUT2D eigenvalue weighted by atomic mass is 35.5. The number of carboxylic acids is 1. The van der Waals surface area contributed by atoms with Gasteiger partial charge in [0, 0.05) is 19.2 Å². The van der Waals surface area contributed by atoms with Crippen molar-refractivity contribution < 1.29 is 19.4 Å². The van der Waals surface area contributed by atoms with E-state index in [0.717, 1.165) is 0 Å². The number of hydrogen-bond donors (Lipinski definition) is 1. The number of amides is 1. The second-order valence-corrected chi connectivity index (χ2v) is 6.20. The van der Waals surface area contributed by atoms with Crippen molar-refractivity contribution in [3.05, 3.63) is 27.2 Å². The monoisotopic (exact) mass is 365 g/mol. The first kappa shape index (κ1) is 17.2. The lowest BCUT2D eigenvalue weighted by Gasteiger charge is -2.30. The molecule has 0 spiro atoms. The zero-order valence-electron chi connectivity index (χ0n) is 11.5. The van der Waals surface area contributed by atoms with E-state index in [4.69, 9.17) is 44.6 Å². The summed E-state index contributed by atoms with van der Waals surface area (Å²) in [6.07, 6.45) is 0.906. The van der Waals surface area contributed by atoms with Crippen LogP contribution in [0, 0.1) is 5.92 Å². The second kappa shape index (κ2) is 7.40. The summed E-state index contributed by atoms with van der Waals surface area (Å²) in [7, 11) is 0. The molecule has 1 aromatic rings. The Morgan fingerprint density at radius 1 is 1.14 bits per heavy atom. The fourth-order valence-corrected chi connectivity index (χ4v) is 2.81.